The van der Waals surface area contributed by atoms with Gasteiger partial charge in [-0.15, -0.1) is 11.6 Å². The van der Waals surface area contributed by atoms with E-state index in [4.69, 9.17) is 11.6 Å². The zero-order chi connectivity index (χ0) is 23.5. The molecule has 1 aromatic heterocycles. The molecule has 2 unspecified atom stereocenters. The number of aromatic nitrogens is 1. The molecule has 1 amide bonds. The van der Waals surface area contributed by atoms with Gasteiger partial charge in [-0.2, -0.15) is 0 Å². The summed E-state index contributed by atoms with van der Waals surface area (Å²) in [6, 6.07) is 10.0. The van der Waals surface area contributed by atoms with Crippen LogP contribution in [0.25, 0.3) is 0 Å². The minimum atomic E-state index is -0.152. The van der Waals surface area contributed by atoms with Gasteiger partial charge in [0.2, 0.25) is 0 Å². The van der Waals surface area contributed by atoms with E-state index in [2.05, 4.69) is 51.8 Å². The number of hydrogen-bond donors (Lipinski definition) is 2. The van der Waals surface area contributed by atoms with Crippen LogP contribution in [0.2, 0.25) is 0 Å². The maximum Gasteiger partial charge on any atom is 0.257 e. The lowest BCUT2D eigenvalue weighted by Gasteiger charge is -2.26. The summed E-state index contributed by atoms with van der Waals surface area (Å²) in [5.74, 6) is -0.149. The number of alkyl halides is 1. The number of aryl methyl sites for hydroxylation is 2. The fraction of sp³-hybridized carbons (Fsp3) is 0.250. The number of rotatable bonds is 6. The third-order valence-corrected chi connectivity index (χ3v) is 6.92. The zero-order valence-electron chi connectivity index (χ0n) is 19.1. The predicted molar refractivity (Wildman–Crippen MR) is 139 cm³/mol. The largest absolute Gasteiger partial charge is 0.322 e. The minimum Gasteiger partial charge on any atom is -0.322 e. The highest BCUT2D eigenvalue weighted by Gasteiger charge is 2.28. The number of aliphatic imine (C=N–C) groups is 1. The Kier molecular flexibility index (Phi) is 6.57. The van der Waals surface area contributed by atoms with Gasteiger partial charge in [-0.05, 0) is 67.2 Å². The maximum absolute atomic E-state index is 12.5. The normalized spacial score (nSPS) is 21.2. The number of allylic oxidation sites excluding steroid dienone is 5. The lowest BCUT2D eigenvalue weighted by atomic mass is 9.86. The molecule has 0 fully saturated rings. The zero-order valence-corrected chi connectivity index (χ0v) is 19.8. The van der Waals surface area contributed by atoms with Crippen molar-refractivity contribution < 1.29 is 4.79 Å². The van der Waals surface area contributed by atoms with Crippen molar-refractivity contribution in [3.8, 4) is 0 Å². The first kappa shape index (κ1) is 22.5. The number of fused-ring (bicyclic) bond motifs is 1. The van der Waals surface area contributed by atoms with E-state index in [9.17, 15) is 4.79 Å². The van der Waals surface area contributed by atoms with Gasteiger partial charge in [0.05, 0.1) is 16.7 Å². The summed E-state index contributed by atoms with van der Waals surface area (Å²) in [7, 11) is 0. The molecule has 1 aliphatic carbocycles. The number of pyridine rings is 1. The number of anilines is 1. The van der Waals surface area contributed by atoms with Crippen molar-refractivity contribution >= 4 is 28.9 Å². The van der Waals surface area contributed by atoms with Crippen LogP contribution in [0.5, 0.6) is 0 Å². The van der Waals surface area contributed by atoms with Crippen LogP contribution in [0.4, 0.5) is 5.69 Å². The smallest absolute Gasteiger partial charge is 0.257 e. The van der Waals surface area contributed by atoms with E-state index in [0.717, 1.165) is 42.8 Å². The van der Waals surface area contributed by atoms with Crippen molar-refractivity contribution in [3.05, 3.63) is 107 Å². The first-order valence-electron chi connectivity index (χ1n) is 11.6. The standard InChI is InChI=1S/C28H27ClN4O/c1-18-7-9-23(33-28(34)21-4-3-12-30-16-21)14-19(18)8-10-22-15-20(11-13-31-22)25-17-32-27-24(25)5-2-6-26(27)29/h2-7,9,11-12,14,16-17,22,26,31H,8,10,13,15H2,1H3,(H,33,34). The first-order valence-corrected chi connectivity index (χ1v) is 12.1. The lowest BCUT2D eigenvalue weighted by Crippen LogP contribution is -2.34. The molecule has 0 spiro atoms. The monoisotopic (exact) mass is 470 g/mol. The van der Waals surface area contributed by atoms with Crippen LogP contribution in [-0.2, 0) is 6.42 Å². The van der Waals surface area contributed by atoms with Crippen LogP contribution < -0.4 is 10.6 Å². The second-order valence-electron chi connectivity index (χ2n) is 8.84. The molecule has 0 saturated carbocycles. The molecule has 0 saturated heterocycles. The van der Waals surface area contributed by atoms with Crippen LogP contribution >= 0.6 is 11.6 Å². The Bertz CT molecular complexity index is 1260. The van der Waals surface area contributed by atoms with Crippen LogP contribution in [0.15, 0.2) is 94.9 Å². The average Bonchev–Trinajstić information content (AvgIpc) is 3.31. The molecule has 2 aliphatic heterocycles. The van der Waals surface area contributed by atoms with Crippen molar-refractivity contribution in [2.45, 2.75) is 37.6 Å². The molecule has 3 heterocycles. The lowest BCUT2D eigenvalue weighted by molar-refractivity contribution is 0.102. The number of hydrogen-bond acceptors (Lipinski definition) is 4. The molecule has 0 bridgehead atoms. The topological polar surface area (TPSA) is 66.4 Å². The molecule has 5 nitrogen and oxygen atoms in total. The summed E-state index contributed by atoms with van der Waals surface area (Å²) in [4.78, 5) is 21.1. The Morgan fingerprint density at radius 3 is 3.03 bits per heavy atom. The number of nitrogens with zero attached hydrogens (tertiary/aromatic N) is 2. The third-order valence-electron chi connectivity index (χ3n) is 6.56. The summed E-state index contributed by atoms with van der Waals surface area (Å²) in [6.45, 7) is 2.97. The second kappa shape index (κ2) is 9.92. The SMILES string of the molecule is Cc1ccc(NC(=O)c2cccnc2)cc1CCC1CC(C2=CN=C3C2=CC=CC3Cl)=CCN1. The van der Waals surface area contributed by atoms with E-state index >= 15 is 0 Å². The molecule has 2 N–H and O–H groups in total. The fourth-order valence-electron chi connectivity index (χ4n) is 4.64. The highest BCUT2D eigenvalue weighted by Crippen LogP contribution is 2.34. The Labute approximate surface area is 205 Å². The Hall–Kier alpha value is -3.28. The Balaban J connectivity index is 1.21. The van der Waals surface area contributed by atoms with Gasteiger partial charge in [0.15, 0.2) is 0 Å². The number of benzene rings is 1. The molecular formula is C28H27ClN4O. The van der Waals surface area contributed by atoms with Gasteiger partial charge in [0.1, 0.15) is 0 Å². The molecule has 5 rings (SSSR count). The van der Waals surface area contributed by atoms with Crippen LogP contribution in [-0.4, -0.2) is 34.6 Å². The van der Waals surface area contributed by atoms with E-state index in [-0.39, 0.29) is 11.3 Å². The van der Waals surface area contributed by atoms with Crippen molar-refractivity contribution in [1.82, 2.24) is 10.3 Å². The van der Waals surface area contributed by atoms with E-state index in [0.29, 0.717) is 11.6 Å². The summed E-state index contributed by atoms with van der Waals surface area (Å²) < 4.78 is 0. The molecule has 2 aromatic rings. The summed E-state index contributed by atoms with van der Waals surface area (Å²) in [5, 5.41) is 6.47. The molecule has 6 heteroatoms. The summed E-state index contributed by atoms with van der Waals surface area (Å²) >= 11 is 6.41. The highest BCUT2D eigenvalue weighted by molar-refractivity contribution is 6.38. The predicted octanol–water partition coefficient (Wildman–Crippen LogP) is 5.31. The van der Waals surface area contributed by atoms with Gasteiger partial charge in [0, 0.05) is 48.0 Å². The van der Waals surface area contributed by atoms with Gasteiger partial charge in [0.25, 0.3) is 5.91 Å². The molecule has 172 valence electrons. The maximum atomic E-state index is 12.5. The van der Waals surface area contributed by atoms with Gasteiger partial charge in [-0.1, -0.05) is 30.4 Å². The van der Waals surface area contributed by atoms with Gasteiger partial charge in [-0.3, -0.25) is 14.8 Å². The van der Waals surface area contributed by atoms with Crippen molar-refractivity contribution in [2.75, 3.05) is 11.9 Å². The summed E-state index contributed by atoms with van der Waals surface area (Å²) in [6.07, 6.45) is 16.5. The van der Waals surface area contributed by atoms with Gasteiger partial charge < -0.3 is 10.6 Å². The highest BCUT2D eigenvalue weighted by atomic mass is 35.5. The summed E-state index contributed by atoms with van der Waals surface area (Å²) in [5.41, 5.74) is 8.48. The van der Waals surface area contributed by atoms with Crippen molar-refractivity contribution in [1.29, 1.82) is 0 Å². The van der Waals surface area contributed by atoms with Crippen LogP contribution in [0, 0.1) is 6.92 Å². The Morgan fingerprint density at radius 1 is 1.26 bits per heavy atom. The molecule has 1 aromatic carbocycles. The van der Waals surface area contributed by atoms with Gasteiger partial charge in [-0.25, -0.2) is 0 Å². The number of amides is 1. The molecule has 0 radical (unpaired) electrons. The first-order chi connectivity index (χ1) is 16.6. The second-order valence-corrected chi connectivity index (χ2v) is 9.31. The quantitative estimate of drug-likeness (QED) is 0.562. The van der Waals surface area contributed by atoms with Crippen molar-refractivity contribution in [3.63, 3.8) is 0 Å². The van der Waals surface area contributed by atoms with E-state index in [1.807, 2.05) is 24.4 Å². The molecule has 2 atom stereocenters. The van der Waals surface area contributed by atoms with E-state index in [1.165, 1.54) is 22.3 Å². The minimum absolute atomic E-state index is 0.149. The van der Waals surface area contributed by atoms with Crippen molar-refractivity contribution in [2.24, 2.45) is 4.99 Å². The number of halogens is 1. The van der Waals surface area contributed by atoms with Gasteiger partial charge >= 0.3 is 0 Å². The van der Waals surface area contributed by atoms with Crippen LogP contribution in [0.3, 0.4) is 0 Å². The molecule has 3 aliphatic rings. The van der Waals surface area contributed by atoms with E-state index < -0.39 is 0 Å². The number of nitrogens with one attached hydrogen (secondary N) is 2. The fourth-order valence-corrected chi connectivity index (χ4v) is 4.90. The number of carbonyl (C=O) groups is 1. The van der Waals surface area contributed by atoms with Crippen LogP contribution in [0.1, 0.15) is 34.3 Å². The third kappa shape index (κ3) is 4.81. The van der Waals surface area contributed by atoms with E-state index in [1.54, 1.807) is 24.5 Å². The number of carbonyl (C=O) groups excluding carboxylic acids is 1. The molecular weight excluding hydrogens is 444 g/mol. The average molecular weight is 471 g/mol. The Morgan fingerprint density at radius 2 is 2.18 bits per heavy atom. The molecule has 34 heavy (non-hydrogen) atoms.